The highest BCUT2D eigenvalue weighted by atomic mass is 79.9. The molecule has 0 bridgehead atoms. The summed E-state index contributed by atoms with van der Waals surface area (Å²) in [4.78, 5) is 16.4. The number of aromatic nitrogens is 1. The molecule has 0 aliphatic heterocycles. The molecule has 0 saturated heterocycles. The number of fused-ring (bicyclic) bond motifs is 1. The Morgan fingerprint density at radius 1 is 1.25 bits per heavy atom. The first-order valence-electron chi connectivity index (χ1n) is 5.83. The third-order valence-corrected chi connectivity index (χ3v) is 4.13. The Balaban J connectivity index is 1.87. The quantitative estimate of drug-likeness (QED) is 0.691. The van der Waals surface area contributed by atoms with Gasteiger partial charge in [-0.2, -0.15) is 0 Å². The maximum Gasteiger partial charge on any atom is 0.257 e. The van der Waals surface area contributed by atoms with Crippen LogP contribution in [0.15, 0.2) is 46.4 Å². The fourth-order valence-corrected chi connectivity index (χ4v) is 2.97. The molecule has 0 spiro atoms. The van der Waals surface area contributed by atoms with Crippen molar-refractivity contribution in [3.63, 3.8) is 0 Å². The van der Waals surface area contributed by atoms with Gasteiger partial charge in [-0.1, -0.05) is 15.9 Å². The zero-order valence-electron chi connectivity index (χ0n) is 10.3. The van der Waals surface area contributed by atoms with E-state index in [0.717, 1.165) is 20.4 Å². The number of anilines is 2. The van der Waals surface area contributed by atoms with Crippen LogP contribution in [0.3, 0.4) is 0 Å². The third-order valence-electron chi connectivity index (χ3n) is 2.85. The third kappa shape index (κ3) is 2.52. The molecule has 0 unspecified atom stereocenters. The predicted molar refractivity (Wildman–Crippen MR) is 86.1 cm³/mol. The number of halogens is 1. The van der Waals surface area contributed by atoms with Crippen LogP contribution in [0.25, 0.3) is 10.2 Å². The van der Waals surface area contributed by atoms with Gasteiger partial charge in [0.2, 0.25) is 0 Å². The SMILES string of the molecule is Nc1cc(Br)ccc1C(=O)Nc1ccc2ncsc2c1. The van der Waals surface area contributed by atoms with Crippen molar-refractivity contribution in [1.29, 1.82) is 0 Å². The number of rotatable bonds is 2. The van der Waals surface area contributed by atoms with E-state index < -0.39 is 0 Å². The average molecular weight is 348 g/mol. The first-order valence-corrected chi connectivity index (χ1v) is 7.50. The van der Waals surface area contributed by atoms with Gasteiger partial charge in [-0.25, -0.2) is 4.98 Å². The van der Waals surface area contributed by atoms with Crippen molar-refractivity contribution in [3.05, 3.63) is 51.9 Å². The summed E-state index contributed by atoms with van der Waals surface area (Å²) in [5, 5.41) is 2.85. The standard InChI is InChI=1S/C14H10BrN3OS/c15-8-1-3-10(11(16)5-8)14(19)18-9-2-4-12-13(6-9)20-7-17-12/h1-7H,16H2,(H,18,19). The first kappa shape index (κ1) is 13.1. The Labute approximate surface area is 127 Å². The van der Waals surface area contributed by atoms with Gasteiger partial charge in [0.1, 0.15) is 0 Å². The van der Waals surface area contributed by atoms with Crippen LogP contribution >= 0.6 is 27.3 Å². The Kier molecular flexibility index (Phi) is 3.42. The Hall–Kier alpha value is -1.92. The highest BCUT2D eigenvalue weighted by Crippen LogP contribution is 2.23. The van der Waals surface area contributed by atoms with Crippen molar-refractivity contribution >= 4 is 54.8 Å². The van der Waals surface area contributed by atoms with Crippen molar-refractivity contribution in [2.45, 2.75) is 0 Å². The second kappa shape index (κ2) is 5.22. The smallest absolute Gasteiger partial charge is 0.257 e. The Morgan fingerprint density at radius 2 is 2.10 bits per heavy atom. The molecule has 1 heterocycles. The van der Waals surface area contributed by atoms with E-state index in [4.69, 9.17) is 5.73 Å². The van der Waals surface area contributed by atoms with E-state index in [1.54, 1.807) is 23.7 Å². The van der Waals surface area contributed by atoms with E-state index in [2.05, 4.69) is 26.2 Å². The molecule has 6 heteroatoms. The molecule has 0 aliphatic carbocycles. The largest absolute Gasteiger partial charge is 0.398 e. The van der Waals surface area contributed by atoms with Gasteiger partial charge in [-0.15, -0.1) is 11.3 Å². The van der Waals surface area contributed by atoms with Crippen LogP contribution in [-0.2, 0) is 0 Å². The van der Waals surface area contributed by atoms with Crippen molar-refractivity contribution < 1.29 is 4.79 Å². The minimum atomic E-state index is -0.223. The molecule has 1 amide bonds. The van der Waals surface area contributed by atoms with Crippen LogP contribution in [-0.4, -0.2) is 10.9 Å². The Bertz CT molecular complexity index is 800. The molecule has 3 N–H and O–H groups in total. The molecule has 0 atom stereocenters. The number of nitrogen functional groups attached to an aromatic ring is 1. The van der Waals surface area contributed by atoms with E-state index in [9.17, 15) is 4.79 Å². The van der Waals surface area contributed by atoms with Gasteiger partial charge in [-0.05, 0) is 36.4 Å². The molecule has 4 nitrogen and oxygen atoms in total. The molecule has 3 rings (SSSR count). The van der Waals surface area contributed by atoms with E-state index in [1.807, 2.05) is 18.2 Å². The fourth-order valence-electron chi connectivity index (χ4n) is 1.87. The van der Waals surface area contributed by atoms with Crippen LogP contribution in [0.4, 0.5) is 11.4 Å². The second-order valence-corrected chi connectivity index (χ2v) is 6.02. The number of nitrogens with one attached hydrogen (secondary N) is 1. The van der Waals surface area contributed by atoms with Crippen LogP contribution in [0.1, 0.15) is 10.4 Å². The number of thiazole rings is 1. The summed E-state index contributed by atoms with van der Waals surface area (Å²) in [6.45, 7) is 0. The van der Waals surface area contributed by atoms with Crippen molar-refractivity contribution in [3.8, 4) is 0 Å². The summed E-state index contributed by atoms with van der Waals surface area (Å²) in [5.74, 6) is -0.223. The molecular formula is C14H10BrN3OS. The molecule has 20 heavy (non-hydrogen) atoms. The van der Waals surface area contributed by atoms with Crippen LogP contribution in [0.2, 0.25) is 0 Å². The topological polar surface area (TPSA) is 68.0 Å². The lowest BCUT2D eigenvalue weighted by atomic mass is 10.1. The number of benzene rings is 2. The van der Waals surface area contributed by atoms with Gasteiger partial charge in [-0.3, -0.25) is 4.79 Å². The number of hydrogen-bond donors (Lipinski definition) is 2. The summed E-state index contributed by atoms with van der Waals surface area (Å²) in [6.07, 6.45) is 0. The number of nitrogens with two attached hydrogens (primary N) is 1. The molecular weight excluding hydrogens is 338 g/mol. The van der Waals surface area contributed by atoms with Crippen LogP contribution < -0.4 is 11.1 Å². The molecule has 100 valence electrons. The molecule has 0 aliphatic rings. The summed E-state index contributed by atoms with van der Waals surface area (Å²) < 4.78 is 1.88. The fraction of sp³-hybridized carbons (Fsp3) is 0. The predicted octanol–water partition coefficient (Wildman–Crippen LogP) is 3.89. The van der Waals surface area contributed by atoms with E-state index in [0.29, 0.717) is 11.3 Å². The van der Waals surface area contributed by atoms with Crippen molar-refractivity contribution in [1.82, 2.24) is 4.98 Å². The van der Waals surface area contributed by atoms with E-state index >= 15 is 0 Å². The molecule has 0 radical (unpaired) electrons. The summed E-state index contributed by atoms with van der Waals surface area (Å²) >= 11 is 4.85. The molecule has 2 aromatic carbocycles. The Morgan fingerprint density at radius 3 is 2.90 bits per heavy atom. The molecule has 1 aromatic heterocycles. The average Bonchev–Trinajstić information content (AvgIpc) is 2.85. The number of carbonyl (C=O) groups excluding carboxylic acids is 1. The summed E-state index contributed by atoms with van der Waals surface area (Å²) in [7, 11) is 0. The number of carbonyl (C=O) groups is 1. The monoisotopic (exact) mass is 347 g/mol. The minimum absolute atomic E-state index is 0.223. The highest BCUT2D eigenvalue weighted by molar-refractivity contribution is 9.10. The zero-order valence-corrected chi connectivity index (χ0v) is 12.7. The van der Waals surface area contributed by atoms with Gasteiger partial charge < -0.3 is 11.1 Å². The minimum Gasteiger partial charge on any atom is -0.398 e. The highest BCUT2D eigenvalue weighted by Gasteiger charge is 2.10. The molecule has 0 saturated carbocycles. The zero-order chi connectivity index (χ0) is 14.1. The maximum absolute atomic E-state index is 12.2. The van der Waals surface area contributed by atoms with Gasteiger partial charge in [0.05, 0.1) is 21.3 Å². The van der Waals surface area contributed by atoms with Crippen molar-refractivity contribution in [2.75, 3.05) is 11.1 Å². The van der Waals surface area contributed by atoms with Crippen molar-refractivity contribution in [2.24, 2.45) is 0 Å². The van der Waals surface area contributed by atoms with Gasteiger partial charge in [0, 0.05) is 15.8 Å². The lowest BCUT2D eigenvalue weighted by Crippen LogP contribution is -2.13. The molecule has 3 aromatic rings. The van der Waals surface area contributed by atoms with E-state index in [1.165, 1.54) is 11.3 Å². The maximum atomic E-state index is 12.2. The van der Waals surface area contributed by atoms with Crippen LogP contribution in [0, 0.1) is 0 Å². The number of amides is 1. The van der Waals surface area contributed by atoms with Gasteiger partial charge in [0.25, 0.3) is 5.91 Å². The summed E-state index contributed by atoms with van der Waals surface area (Å²) in [6, 6.07) is 10.8. The normalized spacial score (nSPS) is 10.7. The lowest BCUT2D eigenvalue weighted by Gasteiger charge is -2.08. The number of nitrogens with zero attached hydrogens (tertiary/aromatic N) is 1. The van der Waals surface area contributed by atoms with Gasteiger partial charge in [0.15, 0.2) is 0 Å². The van der Waals surface area contributed by atoms with E-state index in [-0.39, 0.29) is 5.91 Å². The summed E-state index contributed by atoms with van der Waals surface area (Å²) in [5.41, 5.74) is 10.2. The first-order chi connectivity index (χ1) is 9.63. The lowest BCUT2D eigenvalue weighted by molar-refractivity contribution is 0.102. The molecule has 0 fully saturated rings. The second-order valence-electron chi connectivity index (χ2n) is 4.22. The van der Waals surface area contributed by atoms with Gasteiger partial charge >= 0.3 is 0 Å². The number of hydrogen-bond acceptors (Lipinski definition) is 4. The van der Waals surface area contributed by atoms with Crippen LogP contribution in [0.5, 0.6) is 0 Å².